The number of rotatable bonds is 4. The van der Waals surface area contributed by atoms with Crippen molar-refractivity contribution >= 4 is 18.3 Å². The third-order valence-corrected chi connectivity index (χ3v) is 3.90. The molecule has 3 atom stereocenters. The van der Waals surface area contributed by atoms with Gasteiger partial charge in [0.2, 0.25) is 5.91 Å². The number of aliphatic hydroxyl groups is 1. The fraction of sp³-hybridized carbons (Fsp3) is 0.769. The van der Waals surface area contributed by atoms with Gasteiger partial charge in [0.15, 0.2) is 5.82 Å². The average molecular weight is 372 g/mol. The zero-order valence-corrected chi connectivity index (χ0v) is 13.9. The van der Waals surface area contributed by atoms with Crippen LogP contribution in [0, 0.1) is 0 Å². The zero-order chi connectivity index (χ0) is 17.2. The second-order valence-corrected chi connectivity index (χ2v) is 5.75. The van der Waals surface area contributed by atoms with Crippen molar-refractivity contribution in [3.8, 4) is 0 Å². The van der Waals surface area contributed by atoms with E-state index in [9.17, 15) is 23.1 Å². The maximum Gasteiger partial charge on any atom is 0.408 e. The highest BCUT2D eigenvalue weighted by atomic mass is 35.5. The van der Waals surface area contributed by atoms with Crippen LogP contribution in [-0.2, 0) is 17.8 Å². The van der Waals surface area contributed by atoms with Gasteiger partial charge in [0.25, 0.3) is 0 Å². The van der Waals surface area contributed by atoms with Crippen molar-refractivity contribution in [1.29, 1.82) is 0 Å². The van der Waals surface area contributed by atoms with Gasteiger partial charge in [-0.15, -0.1) is 12.4 Å². The molecule has 0 saturated heterocycles. The van der Waals surface area contributed by atoms with Crippen molar-refractivity contribution in [3.63, 3.8) is 0 Å². The maximum atomic E-state index is 12.7. The first-order chi connectivity index (χ1) is 10.7. The zero-order valence-electron chi connectivity index (χ0n) is 13.1. The molecule has 138 valence electrons. The number of aromatic nitrogens is 3. The average Bonchev–Trinajstić information content (AvgIpc) is 2.82. The normalized spacial score (nSPS) is 24.3. The summed E-state index contributed by atoms with van der Waals surface area (Å²) >= 11 is 0. The number of nitrogens with zero attached hydrogens (tertiary/aromatic N) is 3. The monoisotopic (exact) mass is 371 g/mol. The Morgan fingerprint density at radius 3 is 2.67 bits per heavy atom. The van der Waals surface area contributed by atoms with E-state index in [1.54, 1.807) is 0 Å². The number of hydrogen-bond donors (Lipinski definition) is 3. The minimum Gasteiger partial charge on any atom is -0.392 e. The predicted octanol–water partition coefficient (Wildman–Crippen LogP) is 0.506. The Hall–Kier alpha value is -1.39. The highest BCUT2D eigenvalue weighted by Gasteiger charge is 2.35. The van der Waals surface area contributed by atoms with Gasteiger partial charge in [0.05, 0.1) is 12.5 Å². The van der Waals surface area contributed by atoms with Crippen LogP contribution in [0.1, 0.15) is 36.8 Å². The van der Waals surface area contributed by atoms with Gasteiger partial charge in [-0.2, -0.15) is 18.3 Å². The smallest absolute Gasteiger partial charge is 0.392 e. The molecule has 0 bridgehead atoms. The molecule has 1 heterocycles. The Labute approximate surface area is 143 Å². The van der Waals surface area contributed by atoms with E-state index in [0.717, 1.165) is 4.68 Å². The number of amides is 1. The van der Waals surface area contributed by atoms with Crippen LogP contribution in [0.15, 0.2) is 0 Å². The fourth-order valence-corrected chi connectivity index (χ4v) is 2.72. The fourth-order valence-electron chi connectivity index (χ4n) is 2.72. The van der Waals surface area contributed by atoms with Gasteiger partial charge in [-0.05, 0) is 19.3 Å². The quantitative estimate of drug-likeness (QED) is 0.715. The van der Waals surface area contributed by atoms with Crippen LogP contribution < -0.4 is 11.1 Å². The summed E-state index contributed by atoms with van der Waals surface area (Å²) in [6.45, 7) is -1.27. The summed E-state index contributed by atoms with van der Waals surface area (Å²) in [6, 6.07) is -0.507. The summed E-state index contributed by atoms with van der Waals surface area (Å²) in [5.74, 6) is -0.481. The van der Waals surface area contributed by atoms with E-state index < -0.39 is 24.9 Å². The van der Waals surface area contributed by atoms with Crippen LogP contribution in [0.5, 0.6) is 0 Å². The third-order valence-electron chi connectivity index (χ3n) is 3.90. The van der Waals surface area contributed by atoms with Crippen LogP contribution in [0.3, 0.4) is 0 Å². The van der Waals surface area contributed by atoms with Crippen molar-refractivity contribution in [2.75, 3.05) is 7.05 Å². The number of aliphatic hydroxyl groups excluding tert-OH is 1. The molecule has 0 aliphatic heterocycles. The molecule has 0 radical (unpaired) electrons. The summed E-state index contributed by atoms with van der Waals surface area (Å²) < 4.78 is 39.0. The number of hydrogen-bond acceptors (Lipinski definition) is 5. The number of nitrogens with one attached hydrogen (secondary N) is 1. The molecule has 1 aliphatic rings. The number of carbonyl (C=O) groups excluding carboxylic acids is 1. The minimum atomic E-state index is -4.44. The van der Waals surface area contributed by atoms with Crippen LogP contribution >= 0.6 is 12.4 Å². The molecule has 1 aromatic heterocycles. The number of carbonyl (C=O) groups is 1. The Bertz CT molecular complexity index is 566. The minimum absolute atomic E-state index is 0. The summed E-state index contributed by atoms with van der Waals surface area (Å²) in [6.07, 6.45) is -4.08. The lowest BCUT2D eigenvalue weighted by molar-refractivity contribution is -0.143. The van der Waals surface area contributed by atoms with Crippen molar-refractivity contribution in [2.45, 2.75) is 56.5 Å². The molecule has 1 amide bonds. The van der Waals surface area contributed by atoms with Gasteiger partial charge in [-0.3, -0.25) is 4.79 Å². The summed E-state index contributed by atoms with van der Waals surface area (Å²) in [4.78, 5) is 15.5. The van der Waals surface area contributed by atoms with Crippen molar-refractivity contribution in [3.05, 3.63) is 11.6 Å². The third kappa shape index (κ3) is 5.32. The molecule has 0 unspecified atom stereocenters. The van der Waals surface area contributed by atoms with Crippen molar-refractivity contribution in [1.82, 2.24) is 20.1 Å². The lowest BCUT2D eigenvalue weighted by Gasteiger charge is -2.30. The molecular weight excluding hydrogens is 351 g/mol. The van der Waals surface area contributed by atoms with E-state index in [4.69, 9.17) is 5.73 Å². The molecule has 24 heavy (non-hydrogen) atoms. The van der Waals surface area contributed by atoms with E-state index in [2.05, 4.69) is 15.4 Å². The van der Waals surface area contributed by atoms with Gasteiger partial charge in [-0.25, -0.2) is 9.67 Å². The topological polar surface area (TPSA) is 106 Å². The standard InChI is InChI=1S/C13H20F3N5O2.ClH/c1-18-11(23)5-10-19-12(21(20-10)6-13(14,15)16)7-2-3-9(22)8(17)4-7;/h7-9,22H,2-6,17H2,1H3,(H,18,23);1H/t7-,8+,9+;/m0./s1. The second-order valence-electron chi connectivity index (χ2n) is 5.75. The molecule has 0 spiro atoms. The highest BCUT2D eigenvalue weighted by molar-refractivity contribution is 5.85. The Morgan fingerprint density at radius 1 is 1.46 bits per heavy atom. The first-order valence-electron chi connectivity index (χ1n) is 7.34. The van der Waals surface area contributed by atoms with E-state index in [1.165, 1.54) is 7.05 Å². The largest absolute Gasteiger partial charge is 0.408 e. The van der Waals surface area contributed by atoms with Crippen LogP contribution in [0.25, 0.3) is 0 Å². The van der Waals surface area contributed by atoms with Gasteiger partial charge in [0, 0.05) is 19.0 Å². The Morgan fingerprint density at radius 2 is 2.12 bits per heavy atom. The molecule has 1 saturated carbocycles. The predicted molar refractivity (Wildman–Crippen MR) is 81.7 cm³/mol. The summed E-state index contributed by atoms with van der Waals surface area (Å²) in [5, 5.41) is 15.9. The maximum absolute atomic E-state index is 12.7. The van der Waals surface area contributed by atoms with E-state index in [0.29, 0.717) is 19.3 Å². The first kappa shape index (κ1) is 20.7. The number of alkyl halides is 3. The van der Waals surface area contributed by atoms with Crippen LogP contribution in [0.4, 0.5) is 13.2 Å². The molecule has 2 rings (SSSR count). The molecule has 7 nitrogen and oxygen atoms in total. The lowest BCUT2D eigenvalue weighted by atomic mass is 9.83. The van der Waals surface area contributed by atoms with Crippen LogP contribution in [-0.4, -0.2) is 51.1 Å². The van der Waals surface area contributed by atoms with Crippen LogP contribution in [0.2, 0.25) is 0 Å². The molecule has 0 aromatic carbocycles. The Balaban J connectivity index is 0.00000288. The number of nitrogens with two attached hydrogens (primary N) is 1. The Kier molecular flexibility index (Phi) is 6.99. The van der Waals surface area contributed by atoms with E-state index in [1.807, 2.05) is 0 Å². The molecule has 11 heteroatoms. The van der Waals surface area contributed by atoms with Gasteiger partial charge >= 0.3 is 6.18 Å². The molecule has 1 fully saturated rings. The van der Waals surface area contributed by atoms with Crippen molar-refractivity contribution in [2.24, 2.45) is 5.73 Å². The molecule has 1 aromatic rings. The van der Waals surface area contributed by atoms with E-state index >= 15 is 0 Å². The SMILES string of the molecule is CNC(=O)Cc1nc([C@H]2CC[C@@H](O)[C@H](N)C2)n(CC(F)(F)F)n1.Cl. The lowest BCUT2D eigenvalue weighted by Crippen LogP contribution is -2.40. The van der Waals surface area contributed by atoms with Gasteiger partial charge in [-0.1, -0.05) is 0 Å². The second kappa shape index (κ2) is 8.13. The van der Waals surface area contributed by atoms with Gasteiger partial charge < -0.3 is 16.2 Å². The molecule has 4 N–H and O–H groups in total. The van der Waals surface area contributed by atoms with Crippen molar-refractivity contribution < 1.29 is 23.1 Å². The molecular formula is C13H21ClF3N5O2. The first-order valence-corrected chi connectivity index (χ1v) is 7.34. The van der Waals surface area contributed by atoms with Gasteiger partial charge in [0.1, 0.15) is 12.4 Å². The summed E-state index contributed by atoms with van der Waals surface area (Å²) in [7, 11) is 1.43. The highest BCUT2D eigenvalue weighted by Crippen LogP contribution is 2.32. The molecule has 1 aliphatic carbocycles. The summed E-state index contributed by atoms with van der Waals surface area (Å²) in [5.41, 5.74) is 5.80. The number of likely N-dealkylation sites (N-methyl/N-ethyl adjacent to an activating group) is 1. The van der Waals surface area contributed by atoms with E-state index in [-0.39, 0.29) is 42.3 Å². The number of halogens is 4.